The summed E-state index contributed by atoms with van der Waals surface area (Å²) in [5, 5.41) is 3.00. The number of nitrogens with one attached hydrogen (secondary N) is 1. The van der Waals surface area contributed by atoms with Gasteiger partial charge in [-0.25, -0.2) is 8.78 Å². The lowest BCUT2D eigenvalue weighted by molar-refractivity contribution is -0.0329. The quantitative estimate of drug-likeness (QED) is 0.601. The van der Waals surface area contributed by atoms with Crippen LogP contribution in [-0.4, -0.2) is 23.9 Å². The molecule has 0 aromatic heterocycles. The molecule has 0 aliphatic heterocycles. The Hall–Kier alpha value is -1.02. The zero-order valence-corrected chi connectivity index (χ0v) is 12.4. The van der Waals surface area contributed by atoms with E-state index in [2.05, 4.69) is 5.32 Å². The van der Waals surface area contributed by atoms with Gasteiger partial charge in [-0.2, -0.15) is 13.2 Å². The molecule has 0 atom stereocenters. The first-order valence-corrected chi connectivity index (χ1v) is 7.22. The SMILES string of the molecule is CC(C)NCc1cc(F)c(OCCSC(F)(F)F)c(F)c1. The predicted molar refractivity (Wildman–Crippen MR) is 72.3 cm³/mol. The summed E-state index contributed by atoms with van der Waals surface area (Å²) in [5.41, 5.74) is -3.98. The molecule has 0 heterocycles. The van der Waals surface area contributed by atoms with Gasteiger partial charge in [0.1, 0.15) is 0 Å². The smallest absolute Gasteiger partial charge is 0.441 e. The van der Waals surface area contributed by atoms with Crippen molar-refractivity contribution in [3.8, 4) is 5.75 Å². The van der Waals surface area contributed by atoms with Crippen LogP contribution in [0.4, 0.5) is 22.0 Å². The fourth-order valence-corrected chi connectivity index (χ4v) is 1.87. The Morgan fingerprint density at radius 1 is 1.19 bits per heavy atom. The monoisotopic (exact) mass is 329 g/mol. The van der Waals surface area contributed by atoms with Crippen molar-refractivity contribution >= 4 is 11.8 Å². The maximum absolute atomic E-state index is 13.7. The van der Waals surface area contributed by atoms with Gasteiger partial charge >= 0.3 is 5.51 Å². The molecule has 0 unspecified atom stereocenters. The Balaban J connectivity index is 2.59. The average Bonchev–Trinajstić information content (AvgIpc) is 2.33. The van der Waals surface area contributed by atoms with E-state index in [4.69, 9.17) is 4.74 Å². The Kier molecular flexibility index (Phi) is 6.73. The van der Waals surface area contributed by atoms with Crippen LogP contribution in [0.5, 0.6) is 5.75 Å². The molecule has 0 saturated heterocycles. The van der Waals surface area contributed by atoms with Crippen LogP contribution in [0.15, 0.2) is 12.1 Å². The van der Waals surface area contributed by atoms with E-state index in [0.29, 0.717) is 5.56 Å². The summed E-state index contributed by atoms with van der Waals surface area (Å²) in [6.07, 6.45) is 0. The first-order valence-electron chi connectivity index (χ1n) is 6.24. The van der Waals surface area contributed by atoms with Crippen LogP contribution in [0, 0.1) is 11.6 Å². The van der Waals surface area contributed by atoms with Crippen LogP contribution in [-0.2, 0) is 6.54 Å². The molecule has 21 heavy (non-hydrogen) atoms. The van der Waals surface area contributed by atoms with E-state index in [1.54, 1.807) is 0 Å². The number of hydrogen-bond donors (Lipinski definition) is 1. The van der Waals surface area contributed by atoms with Crippen molar-refractivity contribution in [3.05, 3.63) is 29.3 Å². The van der Waals surface area contributed by atoms with Gasteiger partial charge in [-0.3, -0.25) is 0 Å². The minimum Gasteiger partial charge on any atom is -0.487 e. The highest BCUT2D eigenvalue weighted by atomic mass is 32.2. The minimum absolute atomic E-state index is 0.159. The number of thioether (sulfide) groups is 1. The molecule has 1 aromatic carbocycles. The second-order valence-electron chi connectivity index (χ2n) is 4.57. The standard InChI is InChI=1S/C13H16F5NOS/c1-8(2)19-7-9-5-10(14)12(11(15)6-9)20-3-4-21-13(16,17)18/h5-6,8,19H,3-4,7H2,1-2H3. The van der Waals surface area contributed by atoms with E-state index in [-0.39, 0.29) is 24.3 Å². The molecule has 0 radical (unpaired) electrons. The zero-order chi connectivity index (χ0) is 16.0. The lowest BCUT2D eigenvalue weighted by Crippen LogP contribution is -2.22. The number of benzene rings is 1. The molecular weight excluding hydrogens is 313 g/mol. The summed E-state index contributed by atoms with van der Waals surface area (Å²) in [6, 6.07) is 2.36. The molecule has 0 aliphatic rings. The van der Waals surface area contributed by atoms with Crippen molar-refractivity contribution in [1.29, 1.82) is 0 Å². The summed E-state index contributed by atoms with van der Waals surface area (Å²) < 4.78 is 67.8. The maximum atomic E-state index is 13.7. The Bertz CT molecular complexity index is 441. The molecular formula is C13H16F5NOS. The topological polar surface area (TPSA) is 21.3 Å². The molecule has 8 heteroatoms. The normalized spacial score (nSPS) is 12.0. The molecule has 0 amide bonds. The molecule has 0 bridgehead atoms. The molecule has 0 aliphatic carbocycles. The van der Waals surface area contributed by atoms with E-state index < -0.39 is 35.3 Å². The van der Waals surface area contributed by atoms with E-state index in [1.165, 1.54) is 0 Å². The van der Waals surface area contributed by atoms with Crippen LogP contribution in [0.2, 0.25) is 0 Å². The van der Waals surface area contributed by atoms with E-state index in [0.717, 1.165) is 12.1 Å². The van der Waals surface area contributed by atoms with Crippen LogP contribution in [0.3, 0.4) is 0 Å². The first kappa shape index (κ1) is 18.0. The van der Waals surface area contributed by atoms with Gasteiger partial charge in [-0.1, -0.05) is 13.8 Å². The fourth-order valence-electron chi connectivity index (χ4n) is 1.48. The molecule has 0 spiro atoms. The van der Waals surface area contributed by atoms with Crippen LogP contribution in [0.25, 0.3) is 0 Å². The van der Waals surface area contributed by atoms with Gasteiger partial charge in [0, 0.05) is 18.3 Å². The third-order valence-electron chi connectivity index (χ3n) is 2.37. The van der Waals surface area contributed by atoms with Crippen molar-refractivity contribution in [3.63, 3.8) is 0 Å². The van der Waals surface area contributed by atoms with E-state index in [9.17, 15) is 22.0 Å². The highest BCUT2D eigenvalue weighted by molar-refractivity contribution is 8.00. The Morgan fingerprint density at radius 2 is 1.76 bits per heavy atom. The van der Waals surface area contributed by atoms with Gasteiger partial charge in [0.05, 0.1) is 6.61 Å². The van der Waals surface area contributed by atoms with Gasteiger partial charge in [0.15, 0.2) is 17.4 Å². The van der Waals surface area contributed by atoms with Crippen LogP contribution >= 0.6 is 11.8 Å². The number of hydrogen-bond acceptors (Lipinski definition) is 3. The number of ether oxygens (including phenoxy) is 1. The Morgan fingerprint density at radius 3 is 2.24 bits per heavy atom. The number of halogens is 5. The van der Waals surface area contributed by atoms with Gasteiger partial charge in [0.2, 0.25) is 0 Å². The lowest BCUT2D eigenvalue weighted by Gasteiger charge is -2.12. The van der Waals surface area contributed by atoms with Crippen molar-refractivity contribution in [1.82, 2.24) is 5.32 Å². The van der Waals surface area contributed by atoms with Gasteiger partial charge in [-0.05, 0) is 29.5 Å². The van der Waals surface area contributed by atoms with Crippen molar-refractivity contribution in [2.45, 2.75) is 31.9 Å². The largest absolute Gasteiger partial charge is 0.487 e. The highest BCUT2D eigenvalue weighted by Gasteiger charge is 2.27. The van der Waals surface area contributed by atoms with E-state index >= 15 is 0 Å². The predicted octanol–water partition coefficient (Wildman–Crippen LogP) is 4.09. The van der Waals surface area contributed by atoms with Crippen molar-refractivity contribution in [2.75, 3.05) is 12.4 Å². The van der Waals surface area contributed by atoms with Crippen molar-refractivity contribution in [2.24, 2.45) is 0 Å². The number of alkyl halides is 3. The minimum atomic E-state index is -4.38. The van der Waals surface area contributed by atoms with Crippen LogP contribution in [0.1, 0.15) is 19.4 Å². The molecule has 1 aromatic rings. The summed E-state index contributed by atoms with van der Waals surface area (Å²) in [4.78, 5) is 0. The first-order chi connectivity index (χ1) is 9.69. The molecule has 2 nitrogen and oxygen atoms in total. The van der Waals surface area contributed by atoms with Gasteiger partial charge in [0.25, 0.3) is 0 Å². The van der Waals surface area contributed by atoms with Gasteiger partial charge < -0.3 is 10.1 Å². The Labute approximate surface area is 124 Å². The average molecular weight is 329 g/mol. The summed E-state index contributed by atoms with van der Waals surface area (Å²) in [5.74, 6) is -2.93. The summed E-state index contributed by atoms with van der Waals surface area (Å²) >= 11 is -0.301. The second kappa shape index (κ2) is 7.84. The number of rotatable bonds is 7. The third kappa shape index (κ3) is 6.99. The molecule has 1 rings (SSSR count). The fraction of sp³-hybridized carbons (Fsp3) is 0.538. The van der Waals surface area contributed by atoms with Crippen molar-refractivity contribution < 1.29 is 26.7 Å². The lowest BCUT2D eigenvalue weighted by atomic mass is 10.2. The summed E-state index contributed by atoms with van der Waals surface area (Å²) in [7, 11) is 0. The molecule has 0 saturated carbocycles. The molecule has 0 fully saturated rings. The molecule has 1 N–H and O–H groups in total. The molecule has 120 valence electrons. The second-order valence-corrected chi connectivity index (χ2v) is 5.73. The maximum Gasteiger partial charge on any atom is 0.441 e. The van der Waals surface area contributed by atoms with E-state index in [1.807, 2.05) is 13.8 Å². The van der Waals surface area contributed by atoms with Crippen LogP contribution < -0.4 is 10.1 Å². The highest BCUT2D eigenvalue weighted by Crippen LogP contribution is 2.30. The van der Waals surface area contributed by atoms with Gasteiger partial charge in [-0.15, -0.1) is 0 Å². The zero-order valence-electron chi connectivity index (χ0n) is 11.6. The third-order valence-corrected chi connectivity index (χ3v) is 3.07. The summed E-state index contributed by atoms with van der Waals surface area (Å²) in [6.45, 7) is 3.64.